The van der Waals surface area contributed by atoms with Crippen LogP contribution in [0.5, 0.6) is 5.75 Å². The zero-order valence-electron chi connectivity index (χ0n) is 16.4. The number of hydrogen-bond donors (Lipinski definition) is 1. The van der Waals surface area contributed by atoms with Gasteiger partial charge in [-0.2, -0.15) is 0 Å². The number of carbonyl (C=O) groups excluding carboxylic acids is 2. The van der Waals surface area contributed by atoms with Crippen molar-refractivity contribution >= 4 is 23.0 Å². The number of amides is 1. The van der Waals surface area contributed by atoms with E-state index in [1.54, 1.807) is 41.0 Å². The van der Waals surface area contributed by atoms with E-state index < -0.39 is 23.7 Å². The van der Waals surface area contributed by atoms with Crippen molar-refractivity contribution in [3.8, 4) is 5.75 Å². The molecule has 0 radical (unpaired) electrons. The second kappa shape index (κ2) is 8.70. The number of pyridine rings is 1. The molecule has 0 spiro atoms. The van der Waals surface area contributed by atoms with Crippen molar-refractivity contribution in [2.24, 2.45) is 0 Å². The number of hydrogen-bond acceptors (Lipinski definition) is 6. The lowest BCUT2D eigenvalue weighted by Gasteiger charge is -2.23. The Kier molecular flexibility index (Phi) is 6.60. The average molecular weight is 374 g/mol. The van der Waals surface area contributed by atoms with Crippen LogP contribution in [-0.2, 0) is 20.7 Å². The Morgan fingerprint density at radius 1 is 1.22 bits per heavy atom. The second-order valence-electron chi connectivity index (χ2n) is 7.06. The molecule has 1 heterocycles. The van der Waals surface area contributed by atoms with Gasteiger partial charge < -0.3 is 19.5 Å². The van der Waals surface area contributed by atoms with Crippen LogP contribution in [0.2, 0.25) is 0 Å². The third-order valence-electron chi connectivity index (χ3n) is 3.65. The molecule has 0 saturated heterocycles. The number of carbonyl (C=O) groups is 2. The monoisotopic (exact) mass is 374 g/mol. The Bertz CT molecular complexity index is 814. The minimum atomic E-state index is -0.871. The first-order valence-electron chi connectivity index (χ1n) is 8.80. The van der Waals surface area contributed by atoms with Crippen LogP contribution in [-0.4, -0.2) is 42.4 Å². The number of esters is 1. The molecule has 0 bridgehead atoms. The lowest BCUT2D eigenvalue weighted by atomic mass is 10.1. The van der Waals surface area contributed by atoms with Crippen molar-refractivity contribution in [1.82, 2.24) is 10.3 Å². The number of aromatic nitrogens is 1. The molecule has 0 aliphatic rings. The summed E-state index contributed by atoms with van der Waals surface area (Å²) in [6, 6.07) is 6.60. The largest absolute Gasteiger partial charge is 0.497 e. The lowest BCUT2D eigenvalue weighted by Crippen LogP contribution is -2.45. The summed E-state index contributed by atoms with van der Waals surface area (Å²) in [4.78, 5) is 28.8. The summed E-state index contributed by atoms with van der Waals surface area (Å²) in [5.74, 6) is 0.198. The van der Waals surface area contributed by atoms with Crippen LogP contribution in [0.15, 0.2) is 30.5 Å². The van der Waals surface area contributed by atoms with E-state index in [1.165, 1.54) is 0 Å². The topological polar surface area (TPSA) is 86.8 Å². The summed E-state index contributed by atoms with van der Waals surface area (Å²) in [7, 11) is 1.60. The molecular weight excluding hydrogens is 348 g/mol. The van der Waals surface area contributed by atoms with Crippen LogP contribution in [0.25, 0.3) is 10.9 Å². The van der Waals surface area contributed by atoms with Crippen LogP contribution in [0.4, 0.5) is 4.79 Å². The van der Waals surface area contributed by atoms with Crippen LogP contribution < -0.4 is 10.1 Å². The summed E-state index contributed by atoms with van der Waals surface area (Å²) in [5, 5.41) is 3.47. The van der Waals surface area contributed by atoms with E-state index in [0.717, 1.165) is 22.2 Å². The standard InChI is InChI=1S/C20H26N2O5/c1-6-26-18(23)17(22-19(24)27-20(2,3)4)10-13-9-14-11-15(25-5)7-8-16(14)21-12-13/h7-9,11-12,17H,6,10H2,1-5H3,(H,22,24). The summed E-state index contributed by atoms with van der Waals surface area (Å²) in [6.45, 7) is 7.20. The van der Waals surface area contributed by atoms with Gasteiger partial charge in [0.2, 0.25) is 0 Å². The van der Waals surface area contributed by atoms with E-state index in [0.29, 0.717) is 0 Å². The van der Waals surface area contributed by atoms with Gasteiger partial charge in [-0.1, -0.05) is 0 Å². The third kappa shape index (κ3) is 6.13. The molecule has 1 aromatic carbocycles. The van der Waals surface area contributed by atoms with Gasteiger partial charge in [0.25, 0.3) is 0 Å². The molecule has 7 nitrogen and oxygen atoms in total. The van der Waals surface area contributed by atoms with Crippen molar-refractivity contribution < 1.29 is 23.8 Å². The fourth-order valence-electron chi connectivity index (χ4n) is 2.52. The van der Waals surface area contributed by atoms with Crippen molar-refractivity contribution in [3.05, 3.63) is 36.0 Å². The van der Waals surface area contributed by atoms with Gasteiger partial charge >= 0.3 is 12.1 Å². The fourth-order valence-corrected chi connectivity index (χ4v) is 2.52. The van der Waals surface area contributed by atoms with Crippen molar-refractivity contribution in [3.63, 3.8) is 0 Å². The summed E-state index contributed by atoms with van der Waals surface area (Å²) >= 11 is 0. The van der Waals surface area contributed by atoms with Gasteiger partial charge in [-0.25, -0.2) is 9.59 Å². The SMILES string of the molecule is CCOC(=O)C(Cc1cnc2ccc(OC)cc2c1)NC(=O)OC(C)(C)C. The summed E-state index contributed by atoms with van der Waals surface area (Å²) in [5.41, 5.74) is 0.932. The first-order chi connectivity index (χ1) is 12.7. The predicted octanol–water partition coefficient (Wildman–Crippen LogP) is 3.24. The van der Waals surface area contributed by atoms with Crippen LogP contribution in [0.3, 0.4) is 0 Å². The van der Waals surface area contributed by atoms with Gasteiger partial charge in [0, 0.05) is 18.0 Å². The maximum absolute atomic E-state index is 12.3. The van der Waals surface area contributed by atoms with E-state index in [2.05, 4.69) is 10.3 Å². The van der Waals surface area contributed by atoms with E-state index >= 15 is 0 Å². The molecule has 1 atom stereocenters. The number of nitrogens with one attached hydrogen (secondary N) is 1. The highest BCUT2D eigenvalue weighted by molar-refractivity contribution is 5.83. The number of rotatable bonds is 6. The van der Waals surface area contributed by atoms with E-state index in [9.17, 15) is 9.59 Å². The molecule has 1 aromatic heterocycles. The highest BCUT2D eigenvalue weighted by Crippen LogP contribution is 2.20. The quantitative estimate of drug-likeness (QED) is 0.781. The second-order valence-corrected chi connectivity index (χ2v) is 7.06. The molecule has 27 heavy (non-hydrogen) atoms. The minimum absolute atomic E-state index is 0.221. The van der Waals surface area contributed by atoms with E-state index in [-0.39, 0.29) is 13.0 Å². The normalized spacial score (nSPS) is 12.3. The van der Waals surface area contributed by atoms with Gasteiger partial charge in [0.05, 0.1) is 19.2 Å². The molecule has 1 N–H and O–H groups in total. The fraction of sp³-hybridized carbons (Fsp3) is 0.450. The molecule has 1 amide bonds. The predicted molar refractivity (Wildman–Crippen MR) is 102 cm³/mol. The molecule has 0 saturated carbocycles. The van der Waals surface area contributed by atoms with Crippen molar-refractivity contribution in [1.29, 1.82) is 0 Å². The van der Waals surface area contributed by atoms with Gasteiger partial charge in [0.1, 0.15) is 17.4 Å². The highest BCUT2D eigenvalue weighted by atomic mass is 16.6. The Hall–Kier alpha value is -2.83. The van der Waals surface area contributed by atoms with Crippen LogP contribution >= 0.6 is 0 Å². The third-order valence-corrected chi connectivity index (χ3v) is 3.65. The summed E-state index contributed by atoms with van der Waals surface area (Å²) < 4.78 is 15.6. The smallest absolute Gasteiger partial charge is 0.408 e. The maximum atomic E-state index is 12.3. The molecule has 0 aliphatic carbocycles. The Balaban J connectivity index is 2.21. The molecule has 2 rings (SSSR count). The number of methoxy groups -OCH3 is 1. The van der Waals surface area contributed by atoms with Crippen molar-refractivity contribution in [2.45, 2.75) is 45.8 Å². The molecule has 2 aromatic rings. The first-order valence-corrected chi connectivity index (χ1v) is 8.80. The van der Waals surface area contributed by atoms with Crippen molar-refractivity contribution in [2.75, 3.05) is 13.7 Å². The number of alkyl carbamates (subject to hydrolysis) is 1. The lowest BCUT2D eigenvalue weighted by molar-refractivity contribution is -0.145. The molecular formula is C20H26N2O5. The Morgan fingerprint density at radius 2 is 1.96 bits per heavy atom. The van der Waals surface area contributed by atoms with E-state index in [4.69, 9.17) is 14.2 Å². The maximum Gasteiger partial charge on any atom is 0.408 e. The van der Waals surface area contributed by atoms with Crippen LogP contribution in [0, 0.1) is 0 Å². The first kappa shape index (κ1) is 20.5. The van der Waals surface area contributed by atoms with Gasteiger partial charge in [-0.05, 0) is 57.5 Å². The van der Waals surface area contributed by atoms with E-state index in [1.807, 2.05) is 24.3 Å². The number of benzene rings is 1. The number of nitrogens with zero attached hydrogens (tertiary/aromatic N) is 1. The van der Waals surface area contributed by atoms with Gasteiger partial charge in [0.15, 0.2) is 0 Å². The molecule has 0 aliphatic heterocycles. The molecule has 0 fully saturated rings. The average Bonchev–Trinajstić information content (AvgIpc) is 2.59. The van der Waals surface area contributed by atoms with Gasteiger partial charge in [-0.15, -0.1) is 0 Å². The summed E-state index contributed by atoms with van der Waals surface area (Å²) in [6.07, 6.45) is 1.24. The molecule has 146 valence electrons. The zero-order chi connectivity index (χ0) is 20.0. The highest BCUT2D eigenvalue weighted by Gasteiger charge is 2.26. The van der Waals surface area contributed by atoms with Crippen LogP contribution in [0.1, 0.15) is 33.3 Å². The number of fused-ring (bicyclic) bond motifs is 1. The Labute approximate surface area is 159 Å². The minimum Gasteiger partial charge on any atom is -0.497 e. The molecule has 7 heteroatoms. The zero-order valence-corrected chi connectivity index (χ0v) is 16.4. The van der Waals surface area contributed by atoms with Gasteiger partial charge in [-0.3, -0.25) is 4.98 Å². The number of ether oxygens (including phenoxy) is 3. The Morgan fingerprint density at radius 3 is 2.59 bits per heavy atom. The molecule has 1 unspecified atom stereocenters.